The Labute approximate surface area is 222 Å². The van der Waals surface area contributed by atoms with Gasteiger partial charge in [0.05, 0.1) is 26.2 Å². The molecule has 0 radical (unpaired) electrons. The molecule has 204 valence electrons. The van der Waals surface area contributed by atoms with Gasteiger partial charge in [-0.2, -0.15) is 0 Å². The van der Waals surface area contributed by atoms with Crippen molar-refractivity contribution in [1.82, 2.24) is 15.1 Å². The molecule has 1 aliphatic heterocycles. The topological polar surface area (TPSA) is 173 Å². The first kappa shape index (κ1) is 30.1. The monoisotopic (exact) mass is 556 g/mol. The smallest absolute Gasteiger partial charge is 0.257 e. The van der Waals surface area contributed by atoms with E-state index in [0.29, 0.717) is 49.0 Å². The van der Waals surface area contributed by atoms with E-state index in [2.05, 4.69) is 15.1 Å². The molecule has 1 saturated heterocycles. The predicted molar refractivity (Wildman–Crippen MR) is 141 cm³/mol. The van der Waals surface area contributed by atoms with Crippen LogP contribution in [0, 0.1) is 5.41 Å². The average molecular weight is 557 g/mol. The molecule has 2 aromatic carbocycles. The number of halogens is 1. The summed E-state index contributed by atoms with van der Waals surface area (Å²) in [4.78, 5) is 16.4. The van der Waals surface area contributed by atoms with E-state index in [1.165, 1.54) is 12.1 Å². The highest BCUT2D eigenvalue weighted by Crippen LogP contribution is 2.40. The molecule has 2 aromatic rings. The number of primary sulfonamides is 1. The standard InChI is InChI=1S/C23H32N6O6S.ClH/c1-33-18-7-6-17(20(34-2)21(18)35-3)14-29-10-8-28(9-11-29)13-16-5-4-15(22(30)27-23(24)25)12-19(16)36(26,31)32;/h4-7,12H,8-11,13-14H2,1-3H3,(H2,26,31,32)(H4,24,25,27,30);1H. The van der Waals surface area contributed by atoms with Crippen LogP contribution in [0.3, 0.4) is 0 Å². The number of piperazine rings is 1. The van der Waals surface area contributed by atoms with E-state index in [1.807, 2.05) is 12.1 Å². The minimum absolute atomic E-state index is 0. The van der Waals surface area contributed by atoms with E-state index in [1.54, 1.807) is 27.4 Å². The van der Waals surface area contributed by atoms with Crippen LogP contribution in [-0.2, 0) is 23.1 Å². The van der Waals surface area contributed by atoms with Gasteiger partial charge in [0, 0.05) is 50.4 Å². The number of carbonyl (C=O) groups excluding carboxylic acids is 1. The van der Waals surface area contributed by atoms with Crippen molar-refractivity contribution >= 4 is 34.3 Å². The van der Waals surface area contributed by atoms with Crippen molar-refractivity contribution in [2.45, 2.75) is 18.0 Å². The first-order valence-electron chi connectivity index (χ1n) is 11.1. The maximum atomic E-state index is 12.2. The Morgan fingerprint density at radius 2 is 1.49 bits per heavy atom. The molecular weight excluding hydrogens is 524 g/mol. The third-order valence-electron chi connectivity index (χ3n) is 5.92. The number of carbonyl (C=O) groups is 1. The molecule has 0 bridgehead atoms. The number of methoxy groups -OCH3 is 3. The molecule has 1 heterocycles. The molecule has 12 nitrogen and oxygen atoms in total. The van der Waals surface area contributed by atoms with Gasteiger partial charge < -0.3 is 19.9 Å². The lowest BCUT2D eigenvalue weighted by atomic mass is 10.1. The highest BCUT2D eigenvalue weighted by molar-refractivity contribution is 7.89. The lowest BCUT2D eigenvalue weighted by Gasteiger charge is -2.35. The molecule has 3 rings (SSSR count). The molecule has 1 amide bonds. The number of nitrogens with two attached hydrogens (primary N) is 2. The molecule has 0 spiro atoms. The van der Waals surface area contributed by atoms with E-state index >= 15 is 0 Å². The van der Waals surface area contributed by atoms with E-state index in [0.717, 1.165) is 18.7 Å². The fourth-order valence-electron chi connectivity index (χ4n) is 4.16. The van der Waals surface area contributed by atoms with Gasteiger partial charge in [-0.1, -0.05) is 12.1 Å². The van der Waals surface area contributed by atoms with Crippen LogP contribution in [0.4, 0.5) is 0 Å². The minimum Gasteiger partial charge on any atom is -0.493 e. The summed E-state index contributed by atoms with van der Waals surface area (Å²) in [6, 6.07) is 8.07. The Balaban J connectivity index is 0.00000481. The number of hydrogen-bond donors (Lipinski definition) is 4. The summed E-state index contributed by atoms with van der Waals surface area (Å²) in [5.41, 5.74) is 6.70. The van der Waals surface area contributed by atoms with Gasteiger partial charge in [-0.25, -0.2) is 13.6 Å². The zero-order valence-corrected chi connectivity index (χ0v) is 22.6. The highest BCUT2D eigenvalue weighted by Gasteiger charge is 2.24. The van der Waals surface area contributed by atoms with Crippen LogP contribution in [0.5, 0.6) is 17.2 Å². The second kappa shape index (κ2) is 12.9. The Bertz CT molecular complexity index is 1230. The normalized spacial score (nSPS) is 14.4. The fourth-order valence-corrected chi connectivity index (χ4v) is 4.95. The van der Waals surface area contributed by atoms with E-state index in [9.17, 15) is 13.2 Å². The van der Waals surface area contributed by atoms with Crippen LogP contribution in [-0.4, -0.2) is 77.6 Å². The van der Waals surface area contributed by atoms with Crippen molar-refractivity contribution < 1.29 is 27.4 Å². The molecule has 37 heavy (non-hydrogen) atoms. The summed E-state index contributed by atoms with van der Waals surface area (Å²) in [5.74, 6) is 0.555. The lowest BCUT2D eigenvalue weighted by Crippen LogP contribution is -2.45. The maximum Gasteiger partial charge on any atom is 0.257 e. The second-order valence-corrected chi connectivity index (χ2v) is 9.81. The zero-order valence-electron chi connectivity index (χ0n) is 20.9. The Hall–Kier alpha value is -3.10. The van der Waals surface area contributed by atoms with E-state index in [-0.39, 0.29) is 22.9 Å². The number of nitrogens with one attached hydrogen (secondary N) is 2. The lowest BCUT2D eigenvalue weighted by molar-refractivity contribution is 0.0976. The Kier molecular flexibility index (Phi) is 10.5. The molecular formula is C23H33ClN6O6S. The molecule has 0 unspecified atom stereocenters. The summed E-state index contributed by atoms with van der Waals surface area (Å²) in [5, 5.41) is 14.7. The summed E-state index contributed by atoms with van der Waals surface area (Å²) >= 11 is 0. The number of ether oxygens (including phenoxy) is 3. The van der Waals surface area contributed by atoms with Gasteiger partial charge in [-0.3, -0.25) is 25.3 Å². The van der Waals surface area contributed by atoms with Crippen LogP contribution in [0.2, 0.25) is 0 Å². The molecule has 6 N–H and O–H groups in total. The van der Waals surface area contributed by atoms with Crippen LogP contribution < -0.4 is 30.4 Å². The van der Waals surface area contributed by atoms with Gasteiger partial charge >= 0.3 is 0 Å². The van der Waals surface area contributed by atoms with Crippen molar-refractivity contribution in [3.8, 4) is 17.2 Å². The molecule has 1 aliphatic rings. The molecule has 0 atom stereocenters. The third kappa shape index (κ3) is 7.46. The van der Waals surface area contributed by atoms with Gasteiger partial charge in [0.2, 0.25) is 15.8 Å². The fraction of sp³-hybridized carbons (Fsp3) is 0.391. The van der Waals surface area contributed by atoms with Crippen molar-refractivity contribution in [2.24, 2.45) is 10.9 Å². The van der Waals surface area contributed by atoms with Crippen molar-refractivity contribution in [1.29, 1.82) is 5.41 Å². The summed E-state index contributed by atoms with van der Waals surface area (Å²) < 4.78 is 40.9. The number of nitrogens with zero attached hydrogens (tertiary/aromatic N) is 2. The highest BCUT2D eigenvalue weighted by atomic mass is 35.5. The second-order valence-electron chi connectivity index (χ2n) is 8.28. The molecule has 0 saturated carbocycles. The van der Waals surface area contributed by atoms with E-state index < -0.39 is 21.9 Å². The van der Waals surface area contributed by atoms with Crippen LogP contribution in [0.1, 0.15) is 21.5 Å². The van der Waals surface area contributed by atoms with Gasteiger partial charge in [0.15, 0.2) is 17.5 Å². The zero-order chi connectivity index (χ0) is 26.5. The number of rotatable bonds is 9. The molecule has 0 aromatic heterocycles. The number of hydrogen-bond acceptors (Lipinski definition) is 9. The van der Waals surface area contributed by atoms with Crippen LogP contribution in [0.15, 0.2) is 35.2 Å². The first-order chi connectivity index (χ1) is 17.1. The number of guanidine groups is 1. The third-order valence-corrected chi connectivity index (χ3v) is 6.92. The van der Waals surface area contributed by atoms with Crippen molar-refractivity contribution in [3.05, 3.63) is 47.0 Å². The van der Waals surface area contributed by atoms with Gasteiger partial charge in [0.1, 0.15) is 0 Å². The van der Waals surface area contributed by atoms with Crippen molar-refractivity contribution in [2.75, 3.05) is 47.5 Å². The molecule has 0 aliphatic carbocycles. The summed E-state index contributed by atoms with van der Waals surface area (Å²) in [7, 11) is 0.662. The Morgan fingerprint density at radius 3 is 1.97 bits per heavy atom. The van der Waals surface area contributed by atoms with Crippen LogP contribution in [0.25, 0.3) is 0 Å². The average Bonchev–Trinajstić information content (AvgIpc) is 2.83. The van der Waals surface area contributed by atoms with Crippen LogP contribution >= 0.6 is 12.4 Å². The van der Waals surface area contributed by atoms with Gasteiger partial charge in [-0.05, 0) is 23.8 Å². The first-order valence-corrected chi connectivity index (χ1v) is 12.7. The van der Waals surface area contributed by atoms with Crippen molar-refractivity contribution in [3.63, 3.8) is 0 Å². The Morgan fingerprint density at radius 1 is 0.946 bits per heavy atom. The molecule has 1 fully saturated rings. The minimum atomic E-state index is -4.08. The number of amides is 1. The van der Waals surface area contributed by atoms with Gasteiger partial charge in [-0.15, -0.1) is 12.4 Å². The number of benzene rings is 2. The SMILES string of the molecule is COc1ccc(CN2CCN(Cc3ccc(C(=O)NC(=N)N)cc3S(N)(=O)=O)CC2)c(OC)c1OC.Cl. The summed E-state index contributed by atoms with van der Waals surface area (Å²) in [6.45, 7) is 3.91. The predicted octanol–water partition coefficient (Wildman–Crippen LogP) is 0.723. The van der Waals surface area contributed by atoms with Gasteiger partial charge in [0.25, 0.3) is 5.91 Å². The summed E-state index contributed by atoms with van der Waals surface area (Å²) in [6.07, 6.45) is 0. The quantitative estimate of drug-likeness (QED) is 0.256. The largest absolute Gasteiger partial charge is 0.493 e. The number of sulfonamides is 1. The maximum absolute atomic E-state index is 12.2. The van der Waals surface area contributed by atoms with E-state index in [4.69, 9.17) is 30.5 Å². The molecule has 14 heteroatoms.